The molecule has 1 aromatic carbocycles. The maximum absolute atomic E-state index is 12.6. The van der Waals surface area contributed by atoms with Gasteiger partial charge >= 0.3 is 0 Å². The molecule has 2 fully saturated rings. The van der Waals surface area contributed by atoms with E-state index < -0.39 is 0 Å². The molecule has 1 saturated carbocycles. The summed E-state index contributed by atoms with van der Waals surface area (Å²) < 4.78 is 5.31. The maximum Gasteiger partial charge on any atom is 0.229 e. The highest BCUT2D eigenvalue weighted by atomic mass is 16.5. The molecule has 1 aliphatic carbocycles. The number of likely N-dealkylation sites (tertiary alicyclic amines) is 1. The summed E-state index contributed by atoms with van der Waals surface area (Å²) in [6, 6.07) is 6.02. The van der Waals surface area contributed by atoms with Crippen LogP contribution >= 0.6 is 0 Å². The van der Waals surface area contributed by atoms with Crippen LogP contribution in [0.3, 0.4) is 0 Å². The van der Waals surface area contributed by atoms with Crippen LogP contribution in [-0.4, -0.2) is 36.4 Å². The van der Waals surface area contributed by atoms with Crippen molar-refractivity contribution in [3.05, 3.63) is 23.8 Å². The van der Waals surface area contributed by atoms with Gasteiger partial charge in [-0.25, -0.2) is 0 Å². The van der Waals surface area contributed by atoms with Crippen molar-refractivity contribution in [2.75, 3.05) is 19.0 Å². The van der Waals surface area contributed by atoms with Crippen LogP contribution in [0.2, 0.25) is 0 Å². The van der Waals surface area contributed by atoms with E-state index >= 15 is 0 Å². The fourth-order valence-corrected chi connectivity index (χ4v) is 3.81. The van der Waals surface area contributed by atoms with Crippen LogP contribution in [-0.2, 0) is 9.59 Å². The number of nitrogens with one attached hydrogen (secondary N) is 1. The number of amides is 2. The molecule has 0 unspecified atom stereocenters. The second kappa shape index (κ2) is 7.24. The number of carbonyl (C=O) groups is 2. The Balaban J connectivity index is 1.66. The van der Waals surface area contributed by atoms with Gasteiger partial charge in [0.25, 0.3) is 0 Å². The van der Waals surface area contributed by atoms with Gasteiger partial charge in [-0.2, -0.15) is 0 Å². The summed E-state index contributed by atoms with van der Waals surface area (Å²) in [7, 11) is 1.59. The molecule has 3 rings (SSSR count). The van der Waals surface area contributed by atoms with Gasteiger partial charge in [0.1, 0.15) is 5.75 Å². The van der Waals surface area contributed by atoms with E-state index in [0.717, 1.165) is 18.4 Å². The number of benzene rings is 1. The topological polar surface area (TPSA) is 58.6 Å². The first-order chi connectivity index (χ1) is 11.6. The number of rotatable bonds is 4. The molecule has 2 amide bonds. The minimum atomic E-state index is -0.273. The molecule has 1 saturated heterocycles. The fourth-order valence-electron chi connectivity index (χ4n) is 3.81. The van der Waals surface area contributed by atoms with Crippen molar-refractivity contribution < 1.29 is 14.3 Å². The first-order valence-corrected chi connectivity index (χ1v) is 8.83. The van der Waals surface area contributed by atoms with E-state index in [1.54, 1.807) is 7.11 Å². The number of ether oxygens (including phenoxy) is 1. The highest BCUT2D eigenvalue weighted by Crippen LogP contribution is 2.30. The van der Waals surface area contributed by atoms with Gasteiger partial charge < -0.3 is 15.0 Å². The van der Waals surface area contributed by atoms with Gasteiger partial charge in [0.2, 0.25) is 11.8 Å². The Hall–Kier alpha value is -2.04. The second-order valence-electron chi connectivity index (χ2n) is 6.93. The Morgan fingerprint density at radius 1 is 1.25 bits per heavy atom. The quantitative estimate of drug-likeness (QED) is 0.923. The summed E-state index contributed by atoms with van der Waals surface area (Å²) in [6.45, 7) is 2.52. The monoisotopic (exact) mass is 330 g/mol. The Morgan fingerprint density at radius 2 is 2.00 bits per heavy atom. The molecule has 2 aliphatic rings. The van der Waals surface area contributed by atoms with Crippen molar-refractivity contribution in [3.8, 4) is 5.75 Å². The zero-order valence-corrected chi connectivity index (χ0v) is 14.5. The molecule has 5 heteroatoms. The van der Waals surface area contributed by atoms with Gasteiger partial charge in [0.05, 0.1) is 18.7 Å². The summed E-state index contributed by atoms with van der Waals surface area (Å²) in [5, 5.41) is 2.95. The van der Waals surface area contributed by atoms with Crippen LogP contribution in [0.4, 0.5) is 5.69 Å². The van der Waals surface area contributed by atoms with Crippen molar-refractivity contribution >= 4 is 17.5 Å². The van der Waals surface area contributed by atoms with Crippen LogP contribution in [0.25, 0.3) is 0 Å². The third-order valence-electron chi connectivity index (χ3n) is 5.16. The van der Waals surface area contributed by atoms with E-state index in [-0.39, 0.29) is 17.7 Å². The minimum Gasteiger partial charge on any atom is -0.495 e. The average Bonchev–Trinajstić information content (AvgIpc) is 2.98. The number of nitrogens with zero attached hydrogens (tertiary/aromatic N) is 1. The SMILES string of the molecule is COc1ccc(C)cc1NC(=O)[C@@H]1CC(=O)N(C2CCCCC2)C1. The molecule has 24 heavy (non-hydrogen) atoms. The lowest BCUT2D eigenvalue weighted by Gasteiger charge is -2.31. The largest absolute Gasteiger partial charge is 0.495 e. The van der Waals surface area contributed by atoms with E-state index in [9.17, 15) is 9.59 Å². The lowest BCUT2D eigenvalue weighted by molar-refractivity contribution is -0.130. The standard InChI is InChI=1S/C19H26N2O3/c1-13-8-9-17(24-2)16(10-13)20-19(23)14-11-18(22)21(12-14)15-6-4-3-5-7-15/h8-10,14-15H,3-7,11-12H2,1-2H3,(H,20,23)/t14-/m1/s1. The lowest BCUT2D eigenvalue weighted by atomic mass is 9.94. The molecule has 1 aromatic rings. The van der Waals surface area contributed by atoms with E-state index in [2.05, 4.69) is 5.32 Å². The van der Waals surface area contributed by atoms with Crippen molar-refractivity contribution in [3.63, 3.8) is 0 Å². The Morgan fingerprint density at radius 3 is 2.71 bits per heavy atom. The smallest absolute Gasteiger partial charge is 0.229 e. The third kappa shape index (κ3) is 3.55. The zero-order valence-electron chi connectivity index (χ0n) is 14.5. The van der Waals surface area contributed by atoms with E-state index in [0.29, 0.717) is 30.4 Å². The first kappa shape index (κ1) is 16.8. The van der Waals surface area contributed by atoms with E-state index in [1.807, 2.05) is 30.0 Å². The van der Waals surface area contributed by atoms with Crippen LogP contribution < -0.4 is 10.1 Å². The van der Waals surface area contributed by atoms with Crippen LogP contribution in [0.1, 0.15) is 44.1 Å². The van der Waals surface area contributed by atoms with E-state index in [1.165, 1.54) is 19.3 Å². The van der Waals surface area contributed by atoms with Crippen LogP contribution in [0, 0.1) is 12.8 Å². The molecule has 0 aromatic heterocycles. The van der Waals surface area contributed by atoms with Gasteiger partial charge in [0.15, 0.2) is 0 Å². The lowest BCUT2D eigenvalue weighted by Crippen LogP contribution is -2.38. The normalized spacial score (nSPS) is 21.8. The predicted molar refractivity (Wildman–Crippen MR) is 93.1 cm³/mol. The highest BCUT2D eigenvalue weighted by molar-refractivity contribution is 5.98. The molecule has 0 bridgehead atoms. The molecule has 130 valence electrons. The fraction of sp³-hybridized carbons (Fsp3) is 0.579. The third-order valence-corrected chi connectivity index (χ3v) is 5.16. The van der Waals surface area contributed by atoms with Crippen molar-refractivity contribution in [1.82, 2.24) is 4.90 Å². The predicted octanol–water partition coefficient (Wildman–Crippen LogP) is 3.12. The second-order valence-corrected chi connectivity index (χ2v) is 6.93. The number of methoxy groups -OCH3 is 1. The number of hydrogen-bond acceptors (Lipinski definition) is 3. The summed E-state index contributed by atoms with van der Waals surface area (Å²) >= 11 is 0. The van der Waals surface area contributed by atoms with Crippen molar-refractivity contribution in [1.29, 1.82) is 0 Å². The molecule has 5 nitrogen and oxygen atoms in total. The molecule has 0 radical (unpaired) electrons. The summed E-state index contributed by atoms with van der Waals surface area (Å²) in [6.07, 6.45) is 6.10. The number of hydrogen-bond donors (Lipinski definition) is 1. The molecule has 1 aliphatic heterocycles. The van der Waals surface area contributed by atoms with Crippen LogP contribution in [0.15, 0.2) is 18.2 Å². The van der Waals surface area contributed by atoms with Crippen molar-refractivity contribution in [2.24, 2.45) is 5.92 Å². The molecule has 0 spiro atoms. The van der Waals surface area contributed by atoms with Crippen molar-refractivity contribution in [2.45, 2.75) is 51.5 Å². The zero-order chi connectivity index (χ0) is 17.1. The van der Waals surface area contributed by atoms with Gasteiger partial charge in [-0.05, 0) is 37.5 Å². The Labute approximate surface area is 143 Å². The number of anilines is 1. The number of aryl methyl sites for hydroxylation is 1. The molecular formula is C19H26N2O3. The van der Waals surface area contributed by atoms with E-state index in [4.69, 9.17) is 4.74 Å². The minimum absolute atomic E-state index is 0.0921. The summed E-state index contributed by atoms with van der Waals surface area (Å²) in [5.74, 6) is 0.399. The highest BCUT2D eigenvalue weighted by Gasteiger charge is 2.38. The summed E-state index contributed by atoms with van der Waals surface area (Å²) in [5.41, 5.74) is 1.73. The van der Waals surface area contributed by atoms with Gasteiger partial charge in [-0.3, -0.25) is 9.59 Å². The maximum atomic E-state index is 12.6. The first-order valence-electron chi connectivity index (χ1n) is 8.83. The molecular weight excluding hydrogens is 304 g/mol. The summed E-state index contributed by atoms with van der Waals surface area (Å²) in [4.78, 5) is 26.9. The number of carbonyl (C=O) groups excluding carboxylic acids is 2. The molecule has 1 atom stereocenters. The molecule has 1 heterocycles. The van der Waals surface area contributed by atoms with Gasteiger partial charge in [0, 0.05) is 19.0 Å². The van der Waals surface area contributed by atoms with Crippen LogP contribution in [0.5, 0.6) is 5.75 Å². The van der Waals surface area contributed by atoms with Gasteiger partial charge in [-0.15, -0.1) is 0 Å². The Bertz CT molecular complexity index is 623. The Kier molecular flexibility index (Phi) is 5.07. The average molecular weight is 330 g/mol. The molecule has 1 N–H and O–H groups in total. The van der Waals surface area contributed by atoms with Gasteiger partial charge in [-0.1, -0.05) is 25.3 Å².